The Kier molecular flexibility index (Phi) is 5.51. The van der Waals surface area contributed by atoms with Gasteiger partial charge in [-0.1, -0.05) is 29.8 Å². The molecule has 0 N–H and O–H groups in total. The van der Waals surface area contributed by atoms with Gasteiger partial charge >= 0.3 is 0 Å². The number of hydrogen-bond donors (Lipinski definition) is 0. The maximum atomic E-state index is 12.6. The van der Waals surface area contributed by atoms with Gasteiger partial charge in [-0.25, -0.2) is 0 Å². The number of Topliss-reactive ketones (excluding diaryl/α,β-unsaturated/α-hetero) is 1. The minimum absolute atomic E-state index is 0.0711. The third-order valence-corrected chi connectivity index (χ3v) is 4.82. The summed E-state index contributed by atoms with van der Waals surface area (Å²) in [4.78, 5) is 28.9. The topological polar surface area (TPSA) is 40.6 Å². The predicted molar refractivity (Wildman–Crippen MR) is 99.3 cm³/mol. The highest BCUT2D eigenvalue weighted by Crippen LogP contribution is 2.14. The molecule has 0 saturated carbocycles. The van der Waals surface area contributed by atoms with E-state index in [1.165, 1.54) is 0 Å². The molecule has 2 aromatic rings. The van der Waals surface area contributed by atoms with E-state index in [9.17, 15) is 9.59 Å². The van der Waals surface area contributed by atoms with E-state index in [4.69, 9.17) is 11.6 Å². The van der Waals surface area contributed by atoms with Gasteiger partial charge in [-0.15, -0.1) is 0 Å². The van der Waals surface area contributed by atoms with Gasteiger partial charge in [-0.05, 0) is 42.8 Å². The standard InChI is InChI=1S/C20H21ClN2O2/c1-15-4-2-3-5-18(15)20(25)23-12-10-22(11-13-23)14-19(24)16-6-8-17(21)9-7-16/h2-9H,10-14H2,1H3. The van der Waals surface area contributed by atoms with Crippen molar-refractivity contribution < 1.29 is 9.59 Å². The van der Waals surface area contributed by atoms with Gasteiger partial charge in [0.15, 0.2) is 5.78 Å². The molecular weight excluding hydrogens is 336 g/mol. The van der Waals surface area contributed by atoms with Crippen molar-refractivity contribution in [2.24, 2.45) is 0 Å². The first-order valence-electron chi connectivity index (χ1n) is 8.40. The maximum absolute atomic E-state index is 12.6. The smallest absolute Gasteiger partial charge is 0.254 e. The zero-order valence-electron chi connectivity index (χ0n) is 14.2. The Morgan fingerprint density at radius 3 is 2.24 bits per heavy atom. The Morgan fingerprint density at radius 1 is 0.960 bits per heavy atom. The van der Waals surface area contributed by atoms with Gasteiger partial charge in [-0.3, -0.25) is 14.5 Å². The second kappa shape index (κ2) is 7.81. The van der Waals surface area contributed by atoms with Gasteiger partial charge in [0.1, 0.15) is 0 Å². The Labute approximate surface area is 153 Å². The molecular formula is C20H21ClN2O2. The Bertz CT molecular complexity index is 766. The quantitative estimate of drug-likeness (QED) is 0.789. The molecule has 0 bridgehead atoms. The van der Waals surface area contributed by atoms with Gasteiger partial charge < -0.3 is 4.90 Å². The fourth-order valence-corrected chi connectivity index (χ4v) is 3.15. The van der Waals surface area contributed by atoms with Crippen molar-refractivity contribution in [3.8, 4) is 0 Å². The van der Waals surface area contributed by atoms with Crippen LogP contribution in [0, 0.1) is 6.92 Å². The van der Waals surface area contributed by atoms with Crippen molar-refractivity contribution in [1.29, 1.82) is 0 Å². The van der Waals surface area contributed by atoms with E-state index in [0.717, 1.165) is 11.1 Å². The first kappa shape index (κ1) is 17.6. The normalized spacial score (nSPS) is 15.2. The molecule has 0 aromatic heterocycles. The number of halogens is 1. The summed E-state index contributed by atoms with van der Waals surface area (Å²) in [6.07, 6.45) is 0. The van der Waals surface area contributed by atoms with E-state index in [1.807, 2.05) is 36.1 Å². The molecule has 1 aliphatic heterocycles. The van der Waals surface area contributed by atoms with Crippen molar-refractivity contribution in [3.05, 3.63) is 70.2 Å². The summed E-state index contributed by atoms with van der Waals surface area (Å²) in [5.41, 5.74) is 2.42. The monoisotopic (exact) mass is 356 g/mol. The molecule has 5 heteroatoms. The highest BCUT2D eigenvalue weighted by molar-refractivity contribution is 6.30. The minimum atomic E-state index is 0.0711. The van der Waals surface area contributed by atoms with Crippen molar-refractivity contribution >= 4 is 23.3 Å². The number of piperazine rings is 1. The highest BCUT2D eigenvalue weighted by atomic mass is 35.5. The van der Waals surface area contributed by atoms with Gasteiger partial charge in [-0.2, -0.15) is 0 Å². The first-order valence-corrected chi connectivity index (χ1v) is 8.78. The molecule has 1 heterocycles. The van der Waals surface area contributed by atoms with E-state index in [2.05, 4.69) is 4.90 Å². The van der Waals surface area contributed by atoms with E-state index < -0.39 is 0 Å². The molecule has 1 fully saturated rings. The van der Waals surface area contributed by atoms with Crippen LogP contribution >= 0.6 is 11.6 Å². The Morgan fingerprint density at radius 2 is 1.60 bits per heavy atom. The molecule has 0 unspecified atom stereocenters. The average Bonchev–Trinajstić information content (AvgIpc) is 2.63. The van der Waals surface area contributed by atoms with Crippen LogP contribution in [-0.2, 0) is 0 Å². The lowest BCUT2D eigenvalue weighted by Crippen LogP contribution is -2.50. The lowest BCUT2D eigenvalue weighted by Gasteiger charge is -2.34. The fraction of sp³-hybridized carbons (Fsp3) is 0.300. The van der Waals surface area contributed by atoms with Gasteiger partial charge in [0.2, 0.25) is 0 Å². The number of ketones is 1. The summed E-state index contributed by atoms with van der Waals surface area (Å²) in [6, 6.07) is 14.6. The zero-order valence-corrected chi connectivity index (χ0v) is 15.0. The lowest BCUT2D eigenvalue weighted by molar-refractivity contribution is 0.0624. The van der Waals surface area contributed by atoms with Crippen LogP contribution < -0.4 is 0 Å². The Hall–Kier alpha value is -2.17. The van der Waals surface area contributed by atoms with Crippen molar-refractivity contribution in [2.75, 3.05) is 32.7 Å². The molecule has 0 radical (unpaired) electrons. The summed E-state index contributed by atoms with van der Waals surface area (Å²) < 4.78 is 0. The number of benzene rings is 2. The van der Waals surface area contributed by atoms with Crippen LogP contribution in [-0.4, -0.2) is 54.2 Å². The number of aryl methyl sites for hydroxylation is 1. The second-order valence-electron chi connectivity index (χ2n) is 6.31. The van der Waals surface area contributed by atoms with Crippen LogP contribution in [0.2, 0.25) is 5.02 Å². The average molecular weight is 357 g/mol. The van der Waals surface area contributed by atoms with Crippen molar-refractivity contribution in [3.63, 3.8) is 0 Å². The van der Waals surface area contributed by atoms with Crippen LogP contribution in [0.1, 0.15) is 26.3 Å². The maximum Gasteiger partial charge on any atom is 0.254 e. The van der Waals surface area contributed by atoms with Crippen LogP contribution in [0.15, 0.2) is 48.5 Å². The van der Waals surface area contributed by atoms with Crippen molar-refractivity contribution in [1.82, 2.24) is 9.80 Å². The molecule has 25 heavy (non-hydrogen) atoms. The molecule has 1 saturated heterocycles. The fourth-order valence-electron chi connectivity index (χ4n) is 3.02. The Balaban J connectivity index is 1.55. The number of carbonyl (C=O) groups excluding carboxylic acids is 2. The molecule has 1 amide bonds. The predicted octanol–water partition coefficient (Wildman–Crippen LogP) is 3.29. The van der Waals surface area contributed by atoms with Crippen LogP contribution in [0.25, 0.3) is 0 Å². The second-order valence-corrected chi connectivity index (χ2v) is 6.75. The number of carbonyl (C=O) groups is 2. The molecule has 3 rings (SSSR count). The summed E-state index contributed by atoms with van der Waals surface area (Å²) in [6.45, 7) is 5.01. The summed E-state index contributed by atoms with van der Waals surface area (Å²) >= 11 is 5.86. The highest BCUT2D eigenvalue weighted by Gasteiger charge is 2.24. The molecule has 0 aliphatic carbocycles. The van der Waals surface area contributed by atoms with Crippen LogP contribution in [0.5, 0.6) is 0 Å². The molecule has 4 nitrogen and oxygen atoms in total. The number of hydrogen-bond acceptors (Lipinski definition) is 3. The number of rotatable bonds is 4. The zero-order chi connectivity index (χ0) is 17.8. The van der Waals surface area contributed by atoms with Gasteiger partial charge in [0, 0.05) is 42.3 Å². The summed E-state index contributed by atoms with van der Waals surface area (Å²) in [7, 11) is 0. The largest absolute Gasteiger partial charge is 0.336 e. The van der Waals surface area contributed by atoms with E-state index in [0.29, 0.717) is 43.3 Å². The van der Waals surface area contributed by atoms with Crippen LogP contribution in [0.3, 0.4) is 0 Å². The molecule has 0 spiro atoms. The minimum Gasteiger partial charge on any atom is -0.336 e. The molecule has 2 aromatic carbocycles. The first-order chi connectivity index (χ1) is 12.0. The molecule has 130 valence electrons. The van der Waals surface area contributed by atoms with Crippen molar-refractivity contribution in [2.45, 2.75) is 6.92 Å². The number of amides is 1. The van der Waals surface area contributed by atoms with Crippen LogP contribution in [0.4, 0.5) is 0 Å². The van der Waals surface area contributed by atoms with E-state index >= 15 is 0 Å². The summed E-state index contributed by atoms with van der Waals surface area (Å²) in [5, 5.41) is 0.625. The van der Waals surface area contributed by atoms with E-state index in [1.54, 1.807) is 24.3 Å². The lowest BCUT2D eigenvalue weighted by atomic mass is 10.1. The molecule has 0 atom stereocenters. The summed E-state index contributed by atoms with van der Waals surface area (Å²) in [5.74, 6) is 0.150. The third kappa shape index (κ3) is 4.27. The van der Waals surface area contributed by atoms with E-state index in [-0.39, 0.29) is 11.7 Å². The van der Waals surface area contributed by atoms with Gasteiger partial charge in [0.05, 0.1) is 6.54 Å². The van der Waals surface area contributed by atoms with Gasteiger partial charge in [0.25, 0.3) is 5.91 Å². The third-order valence-electron chi connectivity index (χ3n) is 4.57. The number of nitrogens with zero attached hydrogens (tertiary/aromatic N) is 2. The molecule has 1 aliphatic rings. The SMILES string of the molecule is Cc1ccccc1C(=O)N1CCN(CC(=O)c2ccc(Cl)cc2)CC1.